The first-order valence-electron chi connectivity index (χ1n) is 7.59. The van der Waals surface area contributed by atoms with Crippen molar-refractivity contribution in [2.24, 2.45) is 11.7 Å². The summed E-state index contributed by atoms with van der Waals surface area (Å²) in [6.07, 6.45) is 2.65. The maximum Gasteiger partial charge on any atom is 0.149 e. The van der Waals surface area contributed by atoms with Gasteiger partial charge in [-0.2, -0.15) is 0 Å². The Bertz CT molecular complexity index is 448. The molecule has 0 spiro atoms. The highest BCUT2D eigenvalue weighted by atomic mass is 19.1. The molecule has 0 bridgehead atoms. The maximum absolute atomic E-state index is 14.2. The third-order valence-electron chi connectivity index (χ3n) is 4.26. The van der Waals surface area contributed by atoms with Gasteiger partial charge in [-0.1, -0.05) is 0 Å². The van der Waals surface area contributed by atoms with Crippen molar-refractivity contribution in [1.82, 2.24) is 4.90 Å². The Labute approximate surface area is 125 Å². The first kappa shape index (κ1) is 16.2. The van der Waals surface area contributed by atoms with Crippen molar-refractivity contribution in [2.45, 2.75) is 19.3 Å². The summed E-state index contributed by atoms with van der Waals surface area (Å²) < 4.78 is 28.3. The second-order valence-corrected chi connectivity index (χ2v) is 6.07. The van der Waals surface area contributed by atoms with Gasteiger partial charge in [-0.15, -0.1) is 0 Å². The van der Waals surface area contributed by atoms with Gasteiger partial charge in [-0.05, 0) is 69.6 Å². The van der Waals surface area contributed by atoms with Gasteiger partial charge in [-0.25, -0.2) is 8.78 Å². The molecule has 2 rings (SSSR count). The number of hydrogen-bond acceptors (Lipinski definition) is 3. The van der Waals surface area contributed by atoms with E-state index in [1.54, 1.807) is 11.9 Å². The van der Waals surface area contributed by atoms with Crippen LogP contribution in [0.5, 0.6) is 0 Å². The first-order chi connectivity index (χ1) is 10.0. The highest BCUT2D eigenvalue weighted by Gasteiger charge is 2.21. The van der Waals surface area contributed by atoms with Crippen LogP contribution in [0.25, 0.3) is 0 Å². The fourth-order valence-electron chi connectivity index (χ4n) is 3.02. The van der Waals surface area contributed by atoms with Gasteiger partial charge in [0.05, 0.1) is 0 Å². The quantitative estimate of drug-likeness (QED) is 0.905. The molecule has 1 heterocycles. The predicted molar refractivity (Wildman–Crippen MR) is 82.6 cm³/mol. The minimum absolute atomic E-state index is 0.0784. The molecule has 0 amide bonds. The summed E-state index contributed by atoms with van der Waals surface area (Å²) in [4.78, 5) is 4.01. The van der Waals surface area contributed by atoms with Crippen LogP contribution in [0.2, 0.25) is 0 Å². The summed E-state index contributed by atoms with van der Waals surface area (Å²) in [5.74, 6) is -0.489. The zero-order valence-corrected chi connectivity index (χ0v) is 12.9. The van der Waals surface area contributed by atoms with Crippen LogP contribution >= 0.6 is 0 Å². The van der Waals surface area contributed by atoms with Crippen LogP contribution in [0.3, 0.4) is 0 Å². The minimum Gasteiger partial charge on any atom is -0.370 e. The standard InChI is InChI=1S/C16H25F2N3/c1-20-7-4-12(5-8-20)11-21(2)16-14(17)9-13(3-6-19)10-15(16)18/h9-10,12H,3-8,11,19H2,1-2H3. The normalized spacial score (nSPS) is 17.2. The molecule has 0 radical (unpaired) electrons. The smallest absolute Gasteiger partial charge is 0.149 e. The molecule has 0 atom stereocenters. The fraction of sp³-hybridized carbons (Fsp3) is 0.625. The van der Waals surface area contributed by atoms with Gasteiger partial charge in [0.25, 0.3) is 0 Å². The van der Waals surface area contributed by atoms with E-state index in [2.05, 4.69) is 11.9 Å². The highest BCUT2D eigenvalue weighted by molar-refractivity contribution is 5.50. The molecule has 2 N–H and O–H groups in total. The number of rotatable bonds is 5. The van der Waals surface area contributed by atoms with Crippen LogP contribution in [-0.4, -0.2) is 45.2 Å². The number of hydrogen-bond donors (Lipinski definition) is 1. The molecule has 3 nitrogen and oxygen atoms in total. The van der Waals surface area contributed by atoms with Gasteiger partial charge < -0.3 is 15.5 Å². The zero-order chi connectivity index (χ0) is 15.4. The van der Waals surface area contributed by atoms with Crippen LogP contribution in [0.1, 0.15) is 18.4 Å². The second kappa shape index (κ2) is 7.18. The molecule has 1 aromatic carbocycles. The average molecular weight is 297 g/mol. The molecule has 1 aliphatic heterocycles. The number of halogens is 2. The Balaban J connectivity index is 2.06. The summed E-state index contributed by atoms with van der Waals surface area (Å²) in [7, 11) is 3.87. The summed E-state index contributed by atoms with van der Waals surface area (Å²) in [6.45, 7) is 3.19. The third kappa shape index (κ3) is 4.14. The Morgan fingerprint density at radius 3 is 2.33 bits per heavy atom. The van der Waals surface area contributed by atoms with Gasteiger partial charge >= 0.3 is 0 Å². The van der Waals surface area contributed by atoms with E-state index in [0.29, 0.717) is 31.0 Å². The second-order valence-electron chi connectivity index (χ2n) is 6.07. The molecule has 0 saturated carbocycles. The average Bonchev–Trinajstić information content (AvgIpc) is 2.41. The van der Waals surface area contributed by atoms with E-state index in [9.17, 15) is 8.78 Å². The monoisotopic (exact) mass is 297 g/mol. The Morgan fingerprint density at radius 1 is 1.24 bits per heavy atom. The lowest BCUT2D eigenvalue weighted by Gasteiger charge is -2.32. The number of piperidine rings is 1. The molecule has 1 aliphatic rings. The molecular formula is C16H25F2N3. The molecule has 0 aromatic heterocycles. The molecule has 21 heavy (non-hydrogen) atoms. The van der Waals surface area contributed by atoms with Crippen molar-refractivity contribution in [3.8, 4) is 0 Å². The van der Waals surface area contributed by atoms with E-state index in [0.717, 1.165) is 25.9 Å². The summed E-state index contributed by atoms with van der Waals surface area (Å²) in [5.41, 5.74) is 6.13. The maximum atomic E-state index is 14.2. The van der Waals surface area contributed by atoms with Gasteiger partial charge in [0.2, 0.25) is 0 Å². The van der Waals surface area contributed by atoms with E-state index in [4.69, 9.17) is 5.73 Å². The van der Waals surface area contributed by atoms with Crippen molar-refractivity contribution in [3.05, 3.63) is 29.3 Å². The van der Waals surface area contributed by atoms with Gasteiger partial charge in [0.15, 0.2) is 0 Å². The van der Waals surface area contributed by atoms with Crippen molar-refractivity contribution in [1.29, 1.82) is 0 Å². The molecule has 118 valence electrons. The van der Waals surface area contributed by atoms with Gasteiger partial charge in [0, 0.05) is 13.6 Å². The van der Waals surface area contributed by atoms with Crippen LogP contribution in [0.4, 0.5) is 14.5 Å². The van der Waals surface area contributed by atoms with Crippen molar-refractivity contribution >= 4 is 5.69 Å². The molecule has 1 aromatic rings. The summed E-state index contributed by atoms with van der Waals surface area (Å²) in [5, 5.41) is 0. The number of benzene rings is 1. The lowest BCUT2D eigenvalue weighted by atomic mass is 9.96. The van der Waals surface area contributed by atoms with E-state index in [-0.39, 0.29) is 5.69 Å². The molecular weight excluding hydrogens is 272 g/mol. The number of anilines is 1. The summed E-state index contributed by atoms with van der Waals surface area (Å²) in [6, 6.07) is 2.80. The van der Waals surface area contributed by atoms with Crippen molar-refractivity contribution in [2.75, 3.05) is 45.2 Å². The fourth-order valence-corrected chi connectivity index (χ4v) is 3.02. The predicted octanol–water partition coefficient (Wildman–Crippen LogP) is 2.24. The minimum atomic E-state index is -0.492. The van der Waals surface area contributed by atoms with Crippen LogP contribution in [0.15, 0.2) is 12.1 Å². The molecule has 0 unspecified atom stereocenters. The van der Waals surface area contributed by atoms with Gasteiger partial charge in [0.1, 0.15) is 17.3 Å². The Morgan fingerprint density at radius 2 is 1.81 bits per heavy atom. The lowest BCUT2D eigenvalue weighted by molar-refractivity contribution is 0.222. The van der Waals surface area contributed by atoms with E-state index in [1.807, 2.05) is 0 Å². The number of nitrogens with two attached hydrogens (primary N) is 1. The van der Waals surface area contributed by atoms with E-state index in [1.165, 1.54) is 12.1 Å². The van der Waals surface area contributed by atoms with Crippen LogP contribution in [0, 0.1) is 17.6 Å². The molecule has 1 saturated heterocycles. The SMILES string of the molecule is CN1CCC(CN(C)c2c(F)cc(CCN)cc2F)CC1. The number of likely N-dealkylation sites (tertiary alicyclic amines) is 1. The largest absolute Gasteiger partial charge is 0.370 e. The summed E-state index contributed by atoms with van der Waals surface area (Å²) >= 11 is 0. The highest BCUT2D eigenvalue weighted by Crippen LogP contribution is 2.27. The molecule has 1 fully saturated rings. The first-order valence-corrected chi connectivity index (χ1v) is 7.59. The Hall–Kier alpha value is -1.20. The van der Waals surface area contributed by atoms with Crippen LogP contribution in [-0.2, 0) is 6.42 Å². The molecule has 0 aliphatic carbocycles. The van der Waals surface area contributed by atoms with Crippen molar-refractivity contribution in [3.63, 3.8) is 0 Å². The molecule has 5 heteroatoms. The zero-order valence-electron chi connectivity index (χ0n) is 12.9. The third-order valence-corrected chi connectivity index (χ3v) is 4.26. The lowest BCUT2D eigenvalue weighted by Crippen LogP contribution is -2.36. The van der Waals surface area contributed by atoms with E-state index < -0.39 is 11.6 Å². The van der Waals surface area contributed by atoms with Crippen LogP contribution < -0.4 is 10.6 Å². The van der Waals surface area contributed by atoms with Crippen molar-refractivity contribution < 1.29 is 8.78 Å². The topological polar surface area (TPSA) is 32.5 Å². The van der Waals surface area contributed by atoms with E-state index >= 15 is 0 Å². The van der Waals surface area contributed by atoms with Gasteiger partial charge in [-0.3, -0.25) is 0 Å². The Kier molecular flexibility index (Phi) is 5.53. The number of nitrogens with zero attached hydrogens (tertiary/aromatic N) is 2.